The summed E-state index contributed by atoms with van der Waals surface area (Å²) >= 11 is 1.64. The molecule has 0 aromatic rings. The average molecular weight is 101 g/mol. The van der Waals surface area contributed by atoms with Gasteiger partial charge in [0.1, 0.15) is 0 Å². The molecule has 1 aliphatic heterocycles. The van der Waals surface area contributed by atoms with E-state index in [1.807, 2.05) is 5.41 Å². The van der Waals surface area contributed by atoms with E-state index in [9.17, 15) is 0 Å². The van der Waals surface area contributed by atoms with Crippen LogP contribution in [-0.4, -0.2) is 10.9 Å². The van der Waals surface area contributed by atoms with Gasteiger partial charge in [-0.15, -0.1) is 11.8 Å². The fourth-order valence-electron chi connectivity index (χ4n) is 0.283. The zero-order valence-electron chi connectivity index (χ0n) is 3.22. The van der Waals surface area contributed by atoms with E-state index in [0.717, 1.165) is 5.88 Å². The molecule has 0 saturated heterocycles. The van der Waals surface area contributed by atoms with E-state index in [-0.39, 0.29) is 0 Å². The van der Waals surface area contributed by atoms with E-state index < -0.39 is 0 Å². The summed E-state index contributed by atoms with van der Waals surface area (Å²) in [7, 11) is 0. The van der Waals surface area contributed by atoms with Gasteiger partial charge in [0, 0.05) is 6.20 Å². The number of hydrogen-bond acceptors (Lipinski definition) is 2. The fraction of sp³-hybridized carbons (Fsp3) is 0.333. The van der Waals surface area contributed by atoms with Crippen LogP contribution in [0.4, 0.5) is 0 Å². The lowest BCUT2D eigenvalue weighted by atomic mass is 11.0. The summed E-state index contributed by atoms with van der Waals surface area (Å²) in [5.74, 6) is 7.65. The molecular weight excluding hydrogens is 96.1 g/mol. The van der Waals surface area contributed by atoms with Gasteiger partial charge in [0.2, 0.25) is 0 Å². The molecule has 33 valence electrons. The fourth-order valence-corrected chi connectivity index (χ4v) is 0.849. The Labute approximate surface area is 41.0 Å². The first-order valence-corrected chi connectivity index (χ1v) is 2.70. The predicted molar refractivity (Wildman–Crippen MR) is 26.5 cm³/mol. The van der Waals surface area contributed by atoms with Crippen LogP contribution >= 0.6 is 11.8 Å². The Balaban J connectivity index is 2.38. The summed E-state index contributed by atoms with van der Waals surface area (Å²) < 4.78 is 0. The van der Waals surface area contributed by atoms with E-state index >= 15 is 0 Å². The van der Waals surface area contributed by atoms with Crippen molar-refractivity contribution in [3.63, 3.8) is 0 Å². The number of thioether (sulfide) groups is 1. The topological polar surface area (TPSA) is 27.0 Å². The predicted octanol–water partition coefficient (Wildman–Crippen LogP) is 0.662. The quantitative estimate of drug-likeness (QED) is 0.448. The minimum absolute atomic E-state index is 0.792. The molecule has 0 aromatic heterocycles. The zero-order chi connectivity index (χ0) is 4.41. The number of nitrogens with one attached hydrogen (secondary N) is 1. The highest BCUT2D eigenvalue weighted by Crippen LogP contribution is 2.10. The normalized spacial score (nSPS) is 19.8. The van der Waals surface area contributed by atoms with Crippen molar-refractivity contribution in [1.29, 1.82) is 0 Å². The van der Waals surface area contributed by atoms with Crippen molar-refractivity contribution >= 4 is 11.8 Å². The van der Waals surface area contributed by atoms with Crippen LogP contribution in [0.1, 0.15) is 0 Å². The molecule has 0 aliphatic carbocycles. The van der Waals surface area contributed by atoms with Crippen LogP contribution in [0.5, 0.6) is 0 Å². The molecule has 1 rings (SSSR count). The van der Waals surface area contributed by atoms with E-state index in [0.29, 0.717) is 0 Å². The van der Waals surface area contributed by atoms with E-state index in [1.165, 1.54) is 5.01 Å². The summed E-state index contributed by atoms with van der Waals surface area (Å²) in [6.07, 6.45) is 1.74. The average Bonchev–Trinajstić information content (AvgIpc) is 1.86. The third kappa shape index (κ3) is 0.666. The van der Waals surface area contributed by atoms with E-state index in [4.69, 9.17) is 5.84 Å². The van der Waals surface area contributed by atoms with Gasteiger partial charge in [0.15, 0.2) is 0 Å². The number of hydrogen-bond donors (Lipinski definition) is 0. The maximum absolute atomic E-state index is 6.86. The van der Waals surface area contributed by atoms with Crippen LogP contribution < -0.4 is 5.84 Å². The molecule has 0 amide bonds. The number of rotatable bonds is 0. The first-order chi connectivity index (χ1) is 2.89. The second-order valence-electron chi connectivity index (χ2n) is 1.05. The van der Waals surface area contributed by atoms with Gasteiger partial charge in [-0.25, -0.2) is 0 Å². The van der Waals surface area contributed by atoms with Crippen LogP contribution in [0.15, 0.2) is 11.6 Å². The second kappa shape index (κ2) is 1.53. The van der Waals surface area contributed by atoms with Gasteiger partial charge in [-0.3, -0.25) is 5.01 Å². The van der Waals surface area contributed by atoms with Crippen LogP contribution in [0.2, 0.25) is 0 Å². The molecule has 0 fully saturated rings. The molecule has 0 unspecified atom stereocenters. The van der Waals surface area contributed by atoms with Crippen molar-refractivity contribution in [3.05, 3.63) is 11.6 Å². The molecule has 0 bridgehead atoms. The highest BCUT2D eigenvalue weighted by atomic mass is 32.2. The molecule has 6 heavy (non-hydrogen) atoms. The smallest absolute Gasteiger partial charge is 0.0847 e. The van der Waals surface area contributed by atoms with Gasteiger partial charge in [-0.05, 0) is 5.41 Å². The van der Waals surface area contributed by atoms with Crippen molar-refractivity contribution in [2.24, 2.45) is 0 Å². The first-order valence-electron chi connectivity index (χ1n) is 1.66. The molecule has 0 spiro atoms. The van der Waals surface area contributed by atoms with Crippen LogP contribution in [0.25, 0.3) is 0 Å². The molecule has 0 atom stereocenters. The Kier molecular flexibility index (Phi) is 1.03. The Hall–Kier alpha value is -0.150. The van der Waals surface area contributed by atoms with Crippen molar-refractivity contribution in [1.82, 2.24) is 10.9 Å². The molecule has 1 N–H and O–H groups in total. The maximum atomic E-state index is 6.86. The monoisotopic (exact) mass is 101 g/mol. The summed E-state index contributed by atoms with van der Waals surface area (Å²) in [6, 6.07) is 0. The van der Waals surface area contributed by atoms with Crippen LogP contribution in [-0.2, 0) is 0 Å². The second-order valence-corrected chi connectivity index (χ2v) is 1.91. The summed E-state index contributed by atoms with van der Waals surface area (Å²) in [6.45, 7) is 0. The van der Waals surface area contributed by atoms with Crippen molar-refractivity contribution in [3.8, 4) is 0 Å². The lowest BCUT2D eigenvalue weighted by Crippen LogP contribution is -2.07. The molecule has 1 radical (unpaired) electrons. The number of nitrogens with zero attached hydrogens (tertiary/aromatic N) is 1. The third-order valence-corrected chi connectivity index (χ3v) is 1.29. The molecule has 0 saturated carbocycles. The molecule has 1 heterocycles. The Bertz CT molecular complexity index is 71.2. The van der Waals surface area contributed by atoms with Gasteiger partial charge in [-0.2, -0.15) is 5.84 Å². The lowest BCUT2D eigenvalue weighted by Gasteiger charge is -1.98. The lowest BCUT2D eigenvalue weighted by molar-refractivity contribution is 0.449. The molecule has 0 aromatic carbocycles. The molecule has 3 heteroatoms. The zero-order valence-corrected chi connectivity index (χ0v) is 4.03. The Morgan fingerprint density at radius 3 is 2.83 bits per heavy atom. The van der Waals surface area contributed by atoms with Gasteiger partial charge in [-0.1, -0.05) is 0 Å². The Morgan fingerprint density at radius 1 is 1.83 bits per heavy atom. The van der Waals surface area contributed by atoms with E-state index in [1.54, 1.807) is 18.0 Å². The van der Waals surface area contributed by atoms with Crippen molar-refractivity contribution in [2.75, 3.05) is 5.88 Å². The summed E-state index contributed by atoms with van der Waals surface area (Å²) in [5, 5.41) is 3.30. The Morgan fingerprint density at radius 2 is 2.67 bits per heavy atom. The highest BCUT2D eigenvalue weighted by molar-refractivity contribution is 8.02. The van der Waals surface area contributed by atoms with E-state index in [2.05, 4.69) is 0 Å². The van der Waals surface area contributed by atoms with Crippen molar-refractivity contribution in [2.45, 2.75) is 0 Å². The minimum Gasteiger partial charge on any atom is -0.290 e. The van der Waals surface area contributed by atoms with Gasteiger partial charge < -0.3 is 0 Å². The molecule has 1 aliphatic rings. The summed E-state index contributed by atoms with van der Waals surface area (Å²) in [5.41, 5.74) is 0. The van der Waals surface area contributed by atoms with Crippen LogP contribution in [0.3, 0.4) is 0 Å². The maximum Gasteiger partial charge on any atom is 0.0847 e. The van der Waals surface area contributed by atoms with Crippen LogP contribution in [0, 0.1) is 0 Å². The third-order valence-electron chi connectivity index (χ3n) is 0.551. The highest BCUT2D eigenvalue weighted by Gasteiger charge is 1.95. The largest absolute Gasteiger partial charge is 0.290 e. The first kappa shape index (κ1) is 4.02. The van der Waals surface area contributed by atoms with Crippen molar-refractivity contribution < 1.29 is 0 Å². The van der Waals surface area contributed by atoms with Gasteiger partial charge >= 0.3 is 0 Å². The van der Waals surface area contributed by atoms with Gasteiger partial charge in [0.25, 0.3) is 0 Å². The molecular formula is C3H5N2S. The standard InChI is InChI=1S/C3H5N2S/c4-5-1-2-6-3-5/h1-2,4H,3H2. The SMILES string of the molecule is [NH]N1C=CSC1. The summed E-state index contributed by atoms with van der Waals surface area (Å²) in [4.78, 5) is 0. The minimum atomic E-state index is 0.792. The van der Waals surface area contributed by atoms with Gasteiger partial charge in [0.05, 0.1) is 5.88 Å². The molecule has 2 nitrogen and oxygen atoms in total.